The number of rotatable bonds is 17. The Hall–Kier alpha value is -4.65. The molecule has 3 fully saturated rings. The molecule has 1 amide bonds. The fourth-order valence-corrected chi connectivity index (χ4v) is 12.2. The Morgan fingerprint density at radius 1 is 1.11 bits per heavy atom. The Kier molecular flexibility index (Phi) is 13.1. The van der Waals surface area contributed by atoms with E-state index >= 15 is 0 Å². The summed E-state index contributed by atoms with van der Waals surface area (Å²) >= 11 is 1.47. The molecule has 4 heterocycles. The average Bonchev–Trinajstić information content (AvgIpc) is 3.61. The monoisotopic (exact) mass is 871 g/mol. The van der Waals surface area contributed by atoms with E-state index in [0.717, 1.165) is 30.8 Å². The molecule has 6 atom stereocenters. The molecule has 1 unspecified atom stereocenters. The number of ether oxygens (including phenoxy) is 3. The molecule has 326 valence electrons. The lowest BCUT2D eigenvalue weighted by Gasteiger charge is -2.35. The average molecular weight is 872 g/mol. The van der Waals surface area contributed by atoms with Gasteiger partial charge < -0.3 is 29.3 Å². The van der Waals surface area contributed by atoms with E-state index in [4.69, 9.17) is 24.2 Å². The summed E-state index contributed by atoms with van der Waals surface area (Å²) in [6, 6.07) is 10.0. The lowest BCUT2D eigenvalue weighted by molar-refractivity contribution is -0.156. The maximum atomic E-state index is 15.0. The van der Waals surface area contributed by atoms with E-state index in [-0.39, 0.29) is 61.7 Å². The van der Waals surface area contributed by atoms with E-state index in [1.165, 1.54) is 11.3 Å². The number of aromatic nitrogens is 3. The van der Waals surface area contributed by atoms with Gasteiger partial charge >= 0.3 is 5.97 Å². The largest absolute Gasteiger partial charge is 0.497 e. The molecular formula is C46H58N5O8PS. The van der Waals surface area contributed by atoms with Crippen LogP contribution < -0.4 is 14.8 Å². The van der Waals surface area contributed by atoms with Gasteiger partial charge in [-0.1, -0.05) is 32.9 Å². The summed E-state index contributed by atoms with van der Waals surface area (Å²) in [7, 11) is -2.41. The van der Waals surface area contributed by atoms with Gasteiger partial charge in [-0.2, -0.15) is 0 Å². The molecule has 61 heavy (non-hydrogen) atoms. The van der Waals surface area contributed by atoms with Crippen molar-refractivity contribution in [3.63, 3.8) is 0 Å². The Labute approximate surface area is 362 Å². The number of carbonyl (C=O) groups excluding carboxylic acids is 3. The van der Waals surface area contributed by atoms with Crippen molar-refractivity contribution in [2.45, 2.75) is 122 Å². The van der Waals surface area contributed by atoms with Crippen molar-refractivity contribution in [2.75, 3.05) is 19.0 Å². The zero-order chi connectivity index (χ0) is 43.7. The van der Waals surface area contributed by atoms with Gasteiger partial charge in [0.25, 0.3) is 0 Å². The van der Waals surface area contributed by atoms with Gasteiger partial charge in [-0.05, 0) is 81.0 Å². The SMILES string of the molecule is C=C[C@@H]1C[C@]1(CC(=O)[C@@H]1C[C@@H](Oc2cc(-c3csc(NC(C)C)n3)nc3cc(OC)ccc23)CN1C(=O)[C@@H](CC(=O)OC1CCCC1)C(C)(C)C)P(=O)(O)Cc1cccnc1. The number of nitrogens with zero attached hydrogens (tertiary/aromatic N) is 4. The number of hydrogen-bond donors (Lipinski definition) is 2. The topological polar surface area (TPSA) is 170 Å². The van der Waals surface area contributed by atoms with Gasteiger partial charge in [0.05, 0.1) is 54.6 Å². The highest BCUT2D eigenvalue weighted by Crippen LogP contribution is 2.74. The molecule has 1 aromatic carbocycles. The number of hydrogen-bond acceptors (Lipinski definition) is 12. The van der Waals surface area contributed by atoms with Crippen molar-refractivity contribution >= 4 is 52.4 Å². The van der Waals surface area contributed by atoms with E-state index in [2.05, 4.69) is 16.9 Å². The molecule has 0 spiro atoms. The van der Waals surface area contributed by atoms with Crippen molar-refractivity contribution in [3.05, 3.63) is 72.4 Å². The van der Waals surface area contributed by atoms with Gasteiger partial charge in [-0.3, -0.25) is 23.9 Å². The molecular weight excluding hydrogens is 814 g/mol. The number of fused-ring (bicyclic) bond motifs is 1. The number of amides is 1. The Balaban J connectivity index is 1.22. The number of benzene rings is 1. The van der Waals surface area contributed by atoms with Crippen molar-refractivity contribution in [1.29, 1.82) is 0 Å². The van der Waals surface area contributed by atoms with E-state index in [1.54, 1.807) is 42.6 Å². The maximum absolute atomic E-state index is 15.0. The van der Waals surface area contributed by atoms with E-state index in [1.807, 2.05) is 64.3 Å². The number of esters is 1. The summed E-state index contributed by atoms with van der Waals surface area (Å²) in [5.41, 5.74) is 1.78. The third kappa shape index (κ3) is 9.87. The minimum Gasteiger partial charge on any atom is -0.497 e. The van der Waals surface area contributed by atoms with Crippen LogP contribution in [-0.4, -0.2) is 85.5 Å². The molecule has 4 aromatic rings. The number of Topliss-reactive ketones (excluding diaryl/α,β-unsaturated/α-hetero) is 1. The second-order valence-corrected chi connectivity index (χ2v) is 21.7. The molecule has 1 saturated heterocycles. The molecule has 2 saturated carbocycles. The van der Waals surface area contributed by atoms with Crippen LogP contribution in [0.25, 0.3) is 22.3 Å². The number of carbonyl (C=O) groups is 3. The van der Waals surface area contributed by atoms with Gasteiger partial charge in [-0.25, -0.2) is 9.97 Å². The third-order valence-electron chi connectivity index (χ3n) is 12.4. The first kappa shape index (κ1) is 44.4. The van der Waals surface area contributed by atoms with Gasteiger partial charge in [0.1, 0.15) is 29.4 Å². The normalized spacial score (nSPS) is 23.1. The molecule has 3 aromatic heterocycles. The third-order valence-corrected chi connectivity index (χ3v) is 16.0. The maximum Gasteiger partial charge on any atom is 0.306 e. The highest BCUT2D eigenvalue weighted by Gasteiger charge is 2.65. The zero-order valence-electron chi connectivity index (χ0n) is 36.0. The summed E-state index contributed by atoms with van der Waals surface area (Å²) in [6.45, 7) is 13.8. The number of pyridine rings is 2. The van der Waals surface area contributed by atoms with Gasteiger partial charge in [0.2, 0.25) is 13.3 Å². The molecule has 2 aliphatic carbocycles. The summed E-state index contributed by atoms with van der Waals surface area (Å²) < 4.78 is 32.5. The second-order valence-electron chi connectivity index (χ2n) is 18.2. The van der Waals surface area contributed by atoms with Crippen LogP contribution in [0.5, 0.6) is 11.5 Å². The van der Waals surface area contributed by atoms with Crippen molar-refractivity contribution in [3.8, 4) is 22.9 Å². The molecule has 2 N–H and O–H groups in total. The second kappa shape index (κ2) is 18.0. The van der Waals surface area contributed by atoms with E-state index in [0.29, 0.717) is 45.8 Å². The van der Waals surface area contributed by atoms with E-state index in [9.17, 15) is 23.8 Å². The number of thiazole rings is 1. The van der Waals surface area contributed by atoms with Crippen LogP contribution in [-0.2, 0) is 29.8 Å². The number of ketones is 1. The van der Waals surface area contributed by atoms with E-state index < -0.39 is 42.0 Å². The van der Waals surface area contributed by atoms with Crippen LogP contribution in [0, 0.1) is 17.3 Å². The Morgan fingerprint density at radius 3 is 2.54 bits per heavy atom. The first-order valence-electron chi connectivity index (χ1n) is 21.2. The van der Waals surface area contributed by atoms with Crippen LogP contribution in [0.4, 0.5) is 5.13 Å². The molecule has 13 nitrogen and oxygen atoms in total. The molecule has 7 rings (SSSR count). The van der Waals surface area contributed by atoms with Gasteiger partial charge in [0, 0.05) is 54.2 Å². The minimum absolute atomic E-state index is 0.0539. The lowest BCUT2D eigenvalue weighted by Crippen LogP contribution is -2.48. The summed E-state index contributed by atoms with van der Waals surface area (Å²) in [5, 5.41) is 5.50. The highest BCUT2D eigenvalue weighted by molar-refractivity contribution is 7.59. The number of likely N-dealkylation sites (tertiary alicyclic amines) is 1. The fraction of sp³-hybridized carbons (Fsp3) is 0.522. The van der Waals surface area contributed by atoms with Crippen LogP contribution in [0.1, 0.15) is 91.5 Å². The molecule has 0 bridgehead atoms. The molecule has 1 aliphatic heterocycles. The Morgan fingerprint density at radius 2 is 1.89 bits per heavy atom. The lowest BCUT2D eigenvalue weighted by atomic mass is 9.77. The minimum atomic E-state index is -4.00. The number of allylic oxidation sites excluding steroid dienone is 1. The van der Waals surface area contributed by atoms with Crippen LogP contribution in [0.15, 0.2) is 66.8 Å². The van der Waals surface area contributed by atoms with Crippen LogP contribution in [0.3, 0.4) is 0 Å². The number of anilines is 1. The zero-order valence-corrected chi connectivity index (χ0v) is 37.7. The highest BCUT2D eigenvalue weighted by atomic mass is 32.1. The fourth-order valence-electron chi connectivity index (χ4n) is 8.89. The van der Waals surface area contributed by atoms with Gasteiger partial charge in [0.15, 0.2) is 10.9 Å². The van der Waals surface area contributed by atoms with Crippen molar-refractivity contribution in [2.24, 2.45) is 17.3 Å². The smallest absolute Gasteiger partial charge is 0.306 e. The van der Waals surface area contributed by atoms with Crippen molar-refractivity contribution in [1.82, 2.24) is 19.9 Å². The molecule has 0 radical (unpaired) electrons. The predicted molar refractivity (Wildman–Crippen MR) is 237 cm³/mol. The predicted octanol–water partition coefficient (Wildman–Crippen LogP) is 8.84. The quantitative estimate of drug-likeness (QED) is 0.0588. The standard InChI is InChI=1S/C46H58N5O8PS/c1-8-30-22-46(30,60(55,56)26-29-12-11-17-47-24-29)23-40(52)39-19-33(25-51(39)43(54)35(45(4,5)6)20-42(53)59-31-13-9-10-14-31)58-41-21-37(38-27-61-44(50-38)48-28(2)3)49-36-18-32(57-7)15-16-34(36)41/h8,11-12,15-18,21,24,27-28,30-31,33,35,39H,1,9-10,13-14,19-20,22-23,25-26H2,2-7H3,(H,48,50)(H,55,56)/t30-,33-,35-,39+,46-/m1/s1. The summed E-state index contributed by atoms with van der Waals surface area (Å²) in [6.07, 6.45) is 7.59. The molecule has 3 aliphatic rings. The number of methoxy groups -OCH3 is 1. The Bertz CT molecular complexity index is 2310. The van der Waals surface area contributed by atoms with Gasteiger partial charge in [-0.15, -0.1) is 17.9 Å². The summed E-state index contributed by atoms with van der Waals surface area (Å²) in [5.74, 6) is -1.17. The van der Waals surface area contributed by atoms with Crippen LogP contribution >= 0.6 is 18.7 Å². The summed E-state index contributed by atoms with van der Waals surface area (Å²) in [4.78, 5) is 70.3. The van der Waals surface area contributed by atoms with Crippen LogP contribution in [0.2, 0.25) is 0 Å². The first-order valence-corrected chi connectivity index (χ1v) is 24.0. The first-order chi connectivity index (χ1) is 29.0. The van der Waals surface area contributed by atoms with Crippen molar-refractivity contribution < 1.29 is 38.1 Å². The number of nitrogens with one attached hydrogen (secondary N) is 1. The molecule has 15 heteroatoms.